The highest BCUT2D eigenvalue weighted by Gasteiger charge is 2.34. The van der Waals surface area contributed by atoms with Crippen molar-refractivity contribution in [3.63, 3.8) is 0 Å². The molecular weight excluding hydrogens is 220 g/mol. The van der Waals surface area contributed by atoms with Crippen LogP contribution in [-0.4, -0.2) is 17.6 Å². The van der Waals surface area contributed by atoms with E-state index in [4.69, 9.17) is 0 Å². The van der Waals surface area contributed by atoms with Gasteiger partial charge >= 0.3 is 0 Å². The molecule has 2 atom stereocenters. The van der Waals surface area contributed by atoms with E-state index in [9.17, 15) is 0 Å². The molecule has 1 aromatic heterocycles. The monoisotopic (exact) mass is 244 g/mol. The molecule has 0 bridgehead atoms. The second-order valence-corrected chi connectivity index (χ2v) is 6.03. The highest BCUT2D eigenvalue weighted by atomic mass is 14.9. The summed E-state index contributed by atoms with van der Waals surface area (Å²) in [4.78, 5) is 4.17. The third-order valence-corrected chi connectivity index (χ3v) is 4.57. The fourth-order valence-electron chi connectivity index (χ4n) is 3.38. The van der Waals surface area contributed by atoms with Crippen molar-refractivity contribution in [2.75, 3.05) is 6.54 Å². The smallest absolute Gasteiger partial charge is 0.0300 e. The lowest BCUT2D eigenvalue weighted by Crippen LogP contribution is -2.35. The number of hydrogen-bond donors (Lipinski definition) is 1. The van der Waals surface area contributed by atoms with Gasteiger partial charge in [-0.3, -0.25) is 4.98 Å². The molecular formula is C16H24N2. The van der Waals surface area contributed by atoms with Gasteiger partial charge in [0.25, 0.3) is 0 Å². The highest BCUT2D eigenvalue weighted by Crippen LogP contribution is 2.43. The molecule has 1 N–H and O–H groups in total. The molecule has 1 heterocycles. The van der Waals surface area contributed by atoms with Gasteiger partial charge in [0.1, 0.15) is 0 Å². The predicted molar refractivity (Wildman–Crippen MR) is 74.4 cm³/mol. The molecule has 18 heavy (non-hydrogen) atoms. The highest BCUT2D eigenvalue weighted by molar-refractivity contribution is 5.08. The molecule has 0 saturated heterocycles. The summed E-state index contributed by atoms with van der Waals surface area (Å²) in [5.41, 5.74) is 1.35. The van der Waals surface area contributed by atoms with Crippen LogP contribution in [0.1, 0.15) is 44.1 Å². The van der Waals surface area contributed by atoms with Crippen LogP contribution < -0.4 is 5.32 Å². The lowest BCUT2D eigenvalue weighted by Gasteiger charge is -2.30. The van der Waals surface area contributed by atoms with E-state index in [2.05, 4.69) is 16.4 Å². The summed E-state index contributed by atoms with van der Waals surface area (Å²) in [6, 6.07) is 4.97. The largest absolute Gasteiger partial charge is 0.314 e. The Labute approximate surface area is 110 Å². The predicted octanol–water partition coefficient (Wildman–Crippen LogP) is 3.18. The second kappa shape index (κ2) is 5.83. The average Bonchev–Trinajstić information content (AvgIpc) is 3.25. The molecule has 0 radical (unpaired) electrons. The number of pyridine rings is 1. The minimum Gasteiger partial charge on any atom is -0.314 e. The van der Waals surface area contributed by atoms with Gasteiger partial charge < -0.3 is 5.32 Å². The van der Waals surface area contributed by atoms with Crippen molar-refractivity contribution in [2.24, 2.45) is 11.8 Å². The quantitative estimate of drug-likeness (QED) is 0.860. The zero-order valence-corrected chi connectivity index (χ0v) is 11.1. The molecule has 2 nitrogen and oxygen atoms in total. The van der Waals surface area contributed by atoms with Gasteiger partial charge in [0, 0.05) is 18.4 Å². The van der Waals surface area contributed by atoms with Crippen LogP contribution in [-0.2, 0) is 6.42 Å². The van der Waals surface area contributed by atoms with Gasteiger partial charge in [0.15, 0.2) is 0 Å². The SMILES string of the molecule is c1cncc(CCNC2CCCC(C3CC3)C2)c1. The summed E-state index contributed by atoms with van der Waals surface area (Å²) < 4.78 is 0. The van der Waals surface area contributed by atoms with Crippen LogP contribution in [0.2, 0.25) is 0 Å². The van der Waals surface area contributed by atoms with Crippen molar-refractivity contribution in [1.82, 2.24) is 10.3 Å². The number of nitrogens with one attached hydrogen (secondary N) is 1. The molecule has 2 saturated carbocycles. The third-order valence-electron chi connectivity index (χ3n) is 4.57. The fourth-order valence-corrected chi connectivity index (χ4v) is 3.38. The molecule has 1 aromatic rings. The molecule has 2 unspecified atom stereocenters. The molecule has 3 rings (SSSR count). The lowest BCUT2D eigenvalue weighted by atomic mass is 9.82. The molecule has 98 valence electrons. The first-order valence-corrected chi connectivity index (χ1v) is 7.54. The normalized spacial score (nSPS) is 28.2. The Bertz CT molecular complexity index is 359. The Morgan fingerprint density at radius 2 is 2.11 bits per heavy atom. The van der Waals surface area contributed by atoms with E-state index < -0.39 is 0 Å². The zero-order valence-electron chi connectivity index (χ0n) is 11.1. The first-order chi connectivity index (χ1) is 8.92. The van der Waals surface area contributed by atoms with Crippen molar-refractivity contribution < 1.29 is 0 Å². The number of nitrogens with zero attached hydrogens (tertiary/aromatic N) is 1. The van der Waals surface area contributed by atoms with E-state index >= 15 is 0 Å². The summed E-state index contributed by atoms with van der Waals surface area (Å²) in [7, 11) is 0. The average molecular weight is 244 g/mol. The van der Waals surface area contributed by atoms with Gasteiger partial charge in [-0.1, -0.05) is 18.9 Å². The first kappa shape index (κ1) is 12.2. The molecule has 0 aliphatic heterocycles. The second-order valence-electron chi connectivity index (χ2n) is 6.03. The van der Waals surface area contributed by atoms with E-state index in [-0.39, 0.29) is 0 Å². The van der Waals surface area contributed by atoms with Crippen LogP contribution in [0, 0.1) is 11.8 Å². The summed E-state index contributed by atoms with van der Waals surface area (Å²) in [6.07, 6.45) is 13.7. The minimum atomic E-state index is 0.779. The standard InChI is InChI=1S/C16H24N2/c1-4-15(14-6-7-14)11-16(5-1)18-10-8-13-3-2-9-17-12-13/h2-3,9,12,14-16,18H,1,4-8,10-11H2. The Hall–Kier alpha value is -0.890. The van der Waals surface area contributed by atoms with Gasteiger partial charge in [-0.2, -0.15) is 0 Å². The number of hydrogen-bond acceptors (Lipinski definition) is 2. The van der Waals surface area contributed by atoms with Gasteiger partial charge in [-0.05, 0) is 62.1 Å². The Kier molecular flexibility index (Phi) is 3.94. The Balaban J connectivity index is 1.40. The number of rotatable bonds is 5. The lowest BCUT2D eigenvalue weighted by molar-refractivity contribution is 0.262. The minimum absolute atomic E-state index is 0.779. The van der Waals surface area contributed by atoms with Crippen LogP contribution >= 0.6 is 0 Å². The summed E-state index contributed by atoms with van der Waals surface area (Å²) >= 11 is 0. The topological polar surface area (TPSA) is 24.9 Å². The van der Waals surface area contributed by atoms with Crippen LogP contribution in [0.25, 0.3) is 0 Å². The first-order valence-electron chi connectivity index (χ1n) is 7.54. The van der Waals surface area contributed by atoms with Gasteiger partial charge in [0.2, 0.25) is 0 Å². The van der Waals surface area contributed by atoms with Gasteiger partial charge in [0.05, 0.1) is 0 Å². The van der Waals surface area contributed by atoms with Crippen LogP contribution in [0.3, 0.4) is 0 Å². The molecule has 2 aliphatic carbocycles. The van der Waals surface area contributed by atoms with Crippen molar-refractivity contribution in [1.29, 1.82) is 0 Å². The molecule has 0 spiro atoms. The van der Waals surface area contributed by atoms with Crippen LogP contribution in [0.4, 0.5) is 0 Å². The molecule has 2 aliphatic rings. The van der Waals surface area contributed by atoms with Crippen molar-refractivity contribution in [3.8, 4) is 0 Å². The van der Waals surface area contributed by atoms with Crippen LogP contribution in [0.5, 0.6) is 0 Å². The number of aromatic nitrogens is 1. The summed E-state index contributed by atoms with van der Waals surface area (Å²) in [5, 5.41) is 3.75. The van der Waals surface area contributed by atoms with Gasteiger partial charge in [-0.15, -0.1) is 0 Å². The van der Waals surface area contributed by atoms with E-state index in [1.165, 1.54) is 44.1 Å². The van der Waals surface area contributed by atoms with Crippen molar-refractivity contribution in [3.05, 3.63) is 30.1 Å². The summed E-state index contributed by atoms with van der Waals surface area (Å²) in [5.74, 6) is 2.13. The van der Waals surface area contributed by atoms with E-state index in [0.717, 1.165) is 30.8 Å². The zero-order chi connectivity index (χ0) is 12.2. The maximum atomic E-state index is 4.17. The third kappa shape index (κ3) is 3.32. The van der Waals surface area contributed by atoms with Crippen LogP contribution in [0.15, 0.2) is 24.5 Å². The summed E-state index contributed by atoms with van der Waals surface area (Å²) in [6.45, 7) is 1.10. The fraction of sp³-hybridized carbons (Fsp3) is 0.688. The van der Waals surface area contributed by atoms with Crippen molar-refractivity contribution >= 4 is 0 Å². The maximum absolute atomic E-state index is 4.17. The van der Waals surface area contributed by atoms with Crippen molar-refractivity contribution in [2.45, 2.75) is 51.0 Å². The molecule has 0 amide bonds. The molecule has 0 aromatic carbocycles. The Morgan fingerprint density at radius 3 is 2.89 bits per heavy atom. The van der Waals surface area contributed by atoms with E-state index in [1.54, 1.807) is 0 Å². The Morgan fingerprint density at radius 1 is 1.17 bits per heavy atom. The van der Waals surface area contributed by atoms with Gasteiger partial charge in [-0.25, -0.2) is 0 Å². The maximum Gasteiger partial charge on any atom is 0.0300 e. The molecule has 2 heteroatoms. The molecule has 2 fully saturated rings. The van der Waals surface area contributed by atoms with E-state index in [1.807, 2.05) is 18.5 Å². The van der Waals surface area contributed by atoms with E-state index in [0.29, 0.717) is 0 Å².